The van der Waals surface area contributed by atoms with Crippen LogP contribution in [0.5, 0.6) is 0 Å². The number of nitrogens with zero attached hydrogens (tertiary/aromatic N) is 3. The Morgan fingerprint density at radius 3 is 2.35 bits per heavy atom. The summed E-state index contributed by atoms with van der Waals surface area (Å²) in [5.41, 5.74) is 1.43. The highest BCUT2D eigenvalue weighted by Gasteiger charge is 2.26. The molecule has 0 spiro atoms. The fourth-order valence-corrected chi connectivity index (χ4v) is 1.94. The smallest absolute Gasteiger partial charge is 0.362 e. The van der Waals surface area contributed by atoms with E-state index < -0.39 is 12.7 Å². The quantitative estimate of drug-likeness (QED) is 0.625. The Morgan fingerprint density at radius 1 is 1.08 bits per heavy atom. The Hall–Kier alpha value is -3.16. The number of aromatic nitrogens is 1. The van der Waals surface area contributed by atoms with Crippen molar-refractivity contribution in [2.24, 2.45) is 9.98 Å². The van der Waals surface area contributed by atoms with Gasteiger partial charge in [0, 0.05) is 23.6 Å². The molecule has 0 amide bonds. The average molecular weight is 361 g/mol. The molecular weight excluding hydrogens is 343 g/mol. The summed E-state index contributed by atoms with van der Waals surface area (Å²) in [6.07, 6.45) is -1.09. The Morgan fingerprint density at radius 2 is 1.73 bits per heavy atom. The Balaban J connectivity index is 2.22. The molecule has 1 heterocycles. The molecule has 0 saturated carbocycles. The maximum Gasteiger partial charge on any atom is 0.405 e. The fourth-order valence-electron chi connectivity index (χ4n) is 1.94. The lowest BCUT2D eigenvalue weighted by Gasteiger charge is -2.11. The van der Waals surface area contributed by atoms with E-state index in [1.54, 1.807) is 55.7 Å². The summed E-state index contributed by atoms with van der Waals surface area (Å²) >= 11 is 0. The fraction of sp³-hybridized carbons (Fsp3) is 0.167. The number of pyridine rings is 1. The van der Waals surface area contributed by atoms with Crippen LogP contribution >= 0.6 is 0 Å². The van der Waals surface area contributed by atoms with Crippen molar-refractivity contribution in [1.29, 1.82) is 0 Å². The summed E-state index contributed by atoms with van der Waals surface area (Å²) in [5, 5.41) is 5.21. The highest BCUT2D eigenvalue weighted by atomic mass is 19.4. The lowest BCUT2D eigenvalue weighted by molar-refractivity contribution is -0.123. The lowest BCUT2D eigenvalue weighted by Crippen LogP contribution is -2.27. The van der Waals surface area contributed by atoms with Crippen LogP contribution in [0.4, 0.5) is 18.9 Å². The van der Waals surface area contributed by atoms with Crippen molar-refractivity contribution >= 4 is 17.4 Å². The number of halogens is 3. The van der Waals surface area contributed by atoms with E-state index in [0.717, 1.165) is 5.69 Å². The molecule has 8 heteroatoms. The molecule has 0 saturated heterocycles. The van der Waals surface area contributed by atoms with Gasteiger partial charge >= 0.3 is 6.18 Å². The molecule has 2 aromatic rings. The van der Waals surface area contributed by atoms with Crippen molar-refractivity contribution in [3.8, 4) is 0 Å². The molecule has 1 aromatic carbocycles. The highest BCUT2D eigenvalue weighted by molar-refractivity contribution is 6.09. The lowest BCUT2D eigenvalue weighted by atomic mass is 10.2. The normalized spacial score (nSPS) is 12.6. The molecule has 0 bridgehead atoms. The van der Waals surface area contributed by atoms with E-state index in [4.69, 9.17) is 0 Å². The zero-order chi connectivity index (χ0) is 19.0. The first-order valence-corrected chi connectivity index (χ1v) is 7.69. The first kappa shape index (κ1) is 19.2. The number of amidine groups is 2. The van der Waals surface area contributed by atoms with Crippen molar-refractivity contribution in [2.75, 3.05) is 11.9 Å². The number of aliphatic imine (C=N–C) groups is 2. The van der Waals surface area contributed by atoms with Gasteiger partial charge in [-0.3, -0.25) is 4.98 Å². The van der Waals surface area contributed by atoms with E-state index in [2.05, 4.69) is 32.2 Å². The van der Waals surface area contributed by atoms with Crippen LogP contribution in [0.3, 0.4) is 0 Å². The molecule has 0 unspecified atom stereocenters. The Bertz CT molecular complexity index is 783. The number of alkyl halides is 3. The summed E-state index contributed by atoms with van der Waals surface area (Å²) in [6.45, 7) is 4.03. The minimum atomic E-state index is -4.35. The van der Waals surface area contributed by atoms with Crippen molar-refractivity contribution in [2.45, 2.75) is 13.1 Å². The topological polar surface area (TPSA) is 61.7 Å². The van der Waals surface area contributed by atoms with Gasteiger partial charge < -0.3 is 10.6 Å². The minimum absolute atomic E-state index is 0.123. The first-order valence-electron chi connectivity index (χ1n) is 7.69. The number of rotatable bonds is 5. The third-order valence-electron chi connectivity index (χ3n) is 3.04. The molecule has 0 aliphatic heterocycles. The summed E-state index contributed by atoms with van der Waals surface area (Å²) < 4.78 is 37.0. The van der Waals surface area contributed by atoms with Gasteiger partial charge in [0.05, 0.1) is 0 Å². The van der Waals surface area contributed by atoms with Crippen LogP contribution in [-0.4, -0.2) is 29.4 Å². The molecule has 26 heavy (non-hydrogen) atoms. The number of anilines is 1. The molecule has 0 atom stereocenters. The zero-order valence-corrected chi connectivity index (χ0v) is 14.1. The van der Waals surface area contributed by atoms with Crippen LogP contribution in [0.2, 0.25) is 0 Å². The molecule has 136 valence electrons. The van der Waals surface area contributed by atoms with Crippen LogP contribution in [0.1, 0.15) is 12.5 Å². The van der Waals surface area contributed by atoms with Crippen molar-refractivity contribution in [3.05, 3.63) is 72.8 Å². The van der Waals surface area contributed by atoms with Gasteiger partial charge in [-0.05, 0) is 19.1 Å². The minimum Gasteiger partial charge on any atom is -0.362 e. The monoisotopic (exact) mass is 361 g/mol. The summed E-state index contributed by atoms with van der Waals surface area (Å²) in [7, 11) is 0. The van der Waals surface area contributed by atoms with Gasteiger partial charge in [-0.15, -0.1) is 0 Å². The van der Waals surface area contributed by atoms with Gasteiger partial charge in [0.15, 0.2) is 5.84 Å². The Labute approximate surface area is 149 Å². The first-order chi connectivity index (χ1) is 12.3. The molecule has 0 fully saturated rings. The standard InChI is InChI=1S/C18H18F3N5/c1-13(23-12-18(19,20)21)25-17(15-6-4-3-5-7-15)26-14(2)24-16-8-10-22-11-9-16/h3-11,23H,1,12H2,2H3,(H,22,24,25,26). The second-order valence-corrected chi connectivity index (χ2v) is 5.27. The van der Waals surface area contributed by atoms with Gasteiger partial charge in [0.25, 0.3) is 0 Å². The average Bonchev–Trinajstić information content (AvgIpc) is 2.60. The van der Waals surface area contributed by atoms with E-state index in [-0.39, 0.29) is 11.7 Å². The maximum atomic E-state index is 12.3. The van der Waals surface area contributed by atoms with Crippen LogP contribution in [0.25, 0.3) is 0 Å². The zero-order valence-electron chi connectivity index (χ0n) is 14.1. The van der Waals surface area contributed by atoms with Gasteiger partial charge in [0.1, 0.15) is 18.2 Å². The van der Waals surface area contributed by atoms with Gasteiger partial charge in [0.2, 0.25) is 0 Å². The van der Waals surface area contributed by atoms with Crippen LogP contribution < -0.4 is 10.6 Å². The predicted octanol–water partition coefficient (Wildman–Crippen LogP) is 3.98. The number of nitrogens with one attached hydrogen (secondary N) is 2. The molecule has 0 radical (unpaired) electrons. The molecule has 0 aliphatic rings. The second-order valence-electron chi connectivity index (χ2n) is 5.27. The van der Waals surface area contributed by atoms with Crippen molar-refractivity contribution in [1.82, 2.24) is 10.3 Å². The molecule has 1 aromatic heterocycles. The third kappa shape index (κ3) is 6.76. The van der Waals surface area contributed by atoms with Crippen LogP contribution in [-0.2, 0) is 0 Å². The largest absolute Gasteiger partial charge is 0.405 e. The van der Waals surface area contributed by atoms with Crippen molar-refractivity contribution in [3.63, 3.8) is 0 Å². The van der Waals surface area contributed by atoms with E-state index in [0.29, 0.717) is 11.4 Å². The number of benzene rings is 1. The molecular formula is C18H18F3N5. The molecule has 5 nitrogen and oxygen atoms in total. The highest BCUT2D eigenvalue weighted by Crippen LogP contribution is 2.13. The molecule has 2 rings (SSSR count). The summed E-state index contributed by atoms with van der Waals surface area (Å²) in [4.78, 5) is 12.4. The molecule has 2 N–H and O–H groups in total. The summed E-state index contributed by atoms with van der Waals surface area (Å²) in [5.74, 6) is 0.633. The van der Waals surface area contributed by atoms with Gasteiger partial charge in [-0.2, -0.15) is 13.2 Å². The van der Waals surface area contributed by atoms with E-state index in [1.807, 2.05) is 6.07 Å². The van der Waals surface area contributed by atoms with Crippen LogP contribution in [0, 0.1) is 0 Å². The van der Waals surface area contributed by atoms with Crippen molar-refractivity contribution < 1.29 is 13.2 Å². The van der Waals surface area contributed by atoms with Gasteiger partial charge in [-0.1, -0.05) is 36.9 Å². The third-order valence-corrected chi connectivity index (χ3v) is 3.04. The van der Waals surface area contributed by atoms with E-state index >= 15 is 0 Å². The maximum absolute atomic E-state index is 12.3. The second kappa shape index (κ2) is 8.80. The summed E-state index contributed by atoms with van der Waals surface area (Å²) in [6, 6.07) is 12.5. The SMILES string of the molecule is C=C(N=C(N=C(C)Nc1ccncc1)c1ccccc1)NCC(F)(F)F. The number of hydrogen-bond donors (Lipinski definition) is 2. The van der Waals surface area contributed by atoms with E-state index in [9.17, 15) is 13.2 Å². The van der Waals surface area contributed by atoms with Gasteiger partial charge in [-0.25, -0.2) is 9.98 Å². The predicted molar refractivity (Wildman–Crippen MR) is 97.1 cm³/mol. The van der Waals surface area contributed by atoms with E-state index in [1.165, 1.54) is 0 Å². The molecule has 0 aliphatic carbocycles. The Kier molecular flexibility index (Phi) is 6.48. The van der Waals surface area contributed by atoms with Crippen LogP contribution in [0.15, 0.2) is 77.2 Å². The number of hydrogen-bond acceptors (Lipinski definition) is 3.